The minimum absolute atomic E-state index is 0.450. The Morgan fingerprint density at radius 2 is 2.11 bits per heavy atom. The Bertz CT molecular complexity index is 864. The monoisotopic (exact) mass is 363 g/mol. The zero-order valence-corrected chi connectivity index (χ0v) is 15.3. The number of H-pyrrole nitrogens is 1. The molecular weight excluding hydrogens is 338 g/mol. The maximum atomic E-state index is 5.84. The molecule has 1 saturated heterocycles. The van der Waals surface area contributed by atoms with Gasteiger partial charge in [-0.15, -0.1) is 0 Å². The predicted molar refractivity (Wildman–Crippen MR) is 106 cm³/mol. The van der Waals surface area contributed by atoms with Crippen LogP contribution in [0.2, 0.25) is 0 Å². The van der Waals surface area contributed by atoms with Gasteiger partial charge in [0.05, 0.1) is 19.4 Å². The van der Waals surface area contributed by atoms with Gasteiger partial charge in [0.15, 0.2) is 0 Å². The molecule has 0 unspecified atom stereocenters. The molecule has 6 heteroatoms. The number of aromatic amines is 1. The molecule has 4 rings (SSSR count). The molecule has 0 radical (unpaired) electrons. The Morgan fingerprint density at radius 3 is 2.96 bits per heavy atom. The molecule has 1 fully saturated rings. The maximum Gasteiger partial charge on any atom is 0.123 e. The highest BCUT2D eigenvalue weighted by Crippen LogP contribution is 2.33. The van der Waals surface area contributed by atoms with E-state index in [1.165, 1.54) is 11.3 Å². The van der Waals surface area contributed by atoms with E-state index < -0.39 is 0 Å². The molecule has 1 atom stereocenters. The quantitative estimate of drug-likeness (QED) is 0.631. The number of nitrogens with two attached hydrogens (primary N) is 1. The number of benzene rings is 1. The van der Waals surface area contributed by atoms with Crippen molar-refractivity contribution in [2.24, 2.45) is 0 Å². The van der Waals surface area contributed by atoms with Crippen LogP contribution in [-0.4, -0.2) is 46.3 Å². The van der Waals surface area contributed by atoms with E-state index in [2.05, 4.69) is 32.2 Å². The number of anilines is 1. The minimum atomic E-state index is 0.450. The van der Waals surface area contributed by atoms with Gasteiger partial charge < -0.3 is 15.4 Å². The predicted octanol–water partition coefficient (Wildman–Crippen LogP) is 3.06. The van der Waals surface area contributed by atoms with Crippen LogP contribution in [0.1, 0.15) is 23.6 Å². The molecule has 1 aliphatic rings. The van der Waals surface area contributed by atoms with Crippen molar-refractivity contribution in [3.63, 3.8) is 0 Å². The lowest BCUT2D eigenvalue weighted by Gasteiger charge is -2.16. The zero-order valence-electron chi connectivity index (χ0n) is 15.3. The van der Waals surface area contributed by atoms with E-state index in [1.54, 1.807) is 6.20 Å². The molecule has 0 saturated carbocycles. The fraction of sp³-hybridized carbons (Fsp3) is 0.333. The molecule has 6 nitrogen and oxygen atoms in total. The lowest BCUT2D eigenvalue weighted by Crippen LogP contribution is -2.25. The molecule has 3 aromatic rings. The molecule has 27 heavy (non-hydrogen) atoms. The summed E-state index contributed by atoms with van der Waals surface area (Å²) in [5, 5.41) is 7.48. The van der Waals surface area contributed by atoms with E-state index in [0.29, 0.717) is 18.3 Å². The van der Waals surface area contributed by atoms with Crippen molar-refractivity contribution in [1.29, 1.82) is 0 Å². The number of likely N-dealkylation sites (tertiary alicyclic amines) is 1. The lowest BCUT2D eigenvalue weighted by atomic mass is 9.97. The number of hydrogen-bond acceptors (Lipinski definition) is 5. The highest BCUT2D eigenvalue weighted by molar-refractivity contribution is 5.67. The van der Waals surface area contributed by atoms with Gasteiger partial charge in [0.1, 0.15) is 5.82 Å². The summed E-state index contributed by atoms with van der Waals surface area (Å²) in [6.45, 7) is 4.47. The van der Waals surface area contributed by atoms with Gasteiger partial charge in [0.2, 0.25) is 0 Å². The number of nitrogens with zero attached hydrogens (tertiary/aromatic N) is 3. The summed E-state index contributed by atoms with van der Waals surface area (Å²) in [7, 11) is 0. The van der Waals surface area contributed by atoms with Gasteiger partial charge in [-0.1, -0.05) is 30.3 Å². The molecule has 2 aromatic heterocycles. The minimum Gasteiger partial charge on any atom is -0.384 e. The number of aromatic nitrogens is 3. The summed E-state index contributed by atoms with van der Waals surface area (Å²) < 4.78 is 5.83. The van der Waals surface area contributed by atoms with Crippen molar-refractivity contribution in [2.75, 3.05) is 32.0 Å². The molecular formula is C21H25N5O. The molecule has 0 amide bonds. The number of hydrogen-bond donors (Lipinski definition) is 2. The molecule has 140 valence electrons. The topological polar surface area (TPSA) is 80.1 Å². The van der Waals surface area contributed by atoms with Crippen LogP contribution < -0.4 is 5.73 Å². The van der Waals surface area contributed by atoms with Gasteiger partial charge >= 0.3 is 0 Å². The molecule has 3 heterocycles. The molecule has 3 N–H and O–H groups in total. The molecule has 1 aromatic carbocycles. The number of ether oxygens (including phenoxy) is 1. The number of nitrogens with one attached hydrogen (secondary N) is 1. The number of rotatable bonds is 7. The highest BCUT2D eigenvalue weighted by Gasteiger charge is 2.27. The fourth-order valence-corrected chi connectivity index (χ4v) is 3.68. The smallest absolute Gasteiger partial charge is 0.123 e. The van der Waals surface area contributed by atoms with Crippen molar-refractivity contribution in [3.05, 3.63) is 66.1 Å². The summed E-state index contributed by atoms with van der Waals surface area (Å²) in [6.07, 6.45) is 4.75. The standard InChI is InChI=1S/C21H25N5O/c22-20-12-17(6-8-23-20)19-13-24-25-21(19)18-7-9-26(14-18)10-11-27-15-16-4-2-1-3-5-16/h1-6,8,12-13,18H,7,9-11,14-15H2,(H2,22,23)(H,24,25)/t18-/m1/s1. The molecule has 0 aliphatic carbocycles. The molecule has 0 spiro atoms. The SMILES string of the molecule is Nc1cc(-c2cn[nH]c2[C@@H]2CCN(CCOCc3ccccc3)C2)ccn1. The van der Waals surface area contributed by atoms with Crippen LogP contribution in [0.25, 0.3) is 11.1 Å². The van der Waals surface area contributed by atoms with Crippen LogP contribution in [0, 0.1) is 0 Å². The van der Waals surface area contributed by atoms with Gasteiger partial charge in [-0.25, -0.2) is 4.98 Å². The van der Waals surface area contributed by atoms with Crippen LogP contribution >= 0.6 is 0 Å². The van der Waals surface area contributed by atoms with Crippen molar-refractivity contribution >= 4 is 5.82 Å². The van der Waals surface area contributed by atoms with E-state index in [-0.39, 0.29) is 0 Å². The first-order chi connectivity index (χ1) is 13.3. The van der Waals surface area contributed by atoms with Crippen molar-refractivity contribution in [2.45, 2.75) is 18.9 Å². The van der Waals surface area contributed by atoms with Crippen LogP contribution in [0.3, 0.4) is 0 Å². The lowest BCUT2D eigenvalue weighted by molar-refractivity contribution is 0.0989. The van der Waals surface area contributed by atoms with Crippen molar-refractivity contribution < 1.29 is 4.74 Å². The third-order valence-corrected chi connectivity index (χ3v) is 5.10. The van der Waals surface area contributed by atoms with Crippen molar-refractivity contribution in [3.8, 4) is 11.1 Å². The van der Waals surface area contributed by atoms with E-state index in [0.717, 1.165) is 43.8 Å². The second-order valence-electron chi connectivity index (χ2n) is 6.99. The Morgan fingerprint density at radius 1 is 1.22 bits per heavy atom. The van der Waals surface area contributed by atoms with Crippen LogP contribution in [0.5, 0.6) is 0 Å². The summed E-state index contributed by atoms with van der Waals surface area (Å²) in [5.41, 5.74) is 10.4. The summed E-state index contributed by atoms with van der Waals surface area (Å²) in [4.78, 5) is 6.54. The highest BCUT2D eigenvalue weighted by atomic mass is 16.5. The average molecular weight is 363 g/mol. The fourth-order valence-electron chi connectivity index (χ4n) is 3.68. The summed E-state index contributed by atoms with van der Waals surface area (Å²) >= 11 is 0. The van der Waals surface area contributed by atoms with E-state index >= 15 is 0 Å². The average Bonchev–Trinajstić information content (AvgIpc) is 3.35. The van der Waals surface area contributed by atoms with E-state index in [9.17, 15) is 0 Å². The third-order valence-electron chi connectivity index (χ3n) is 5.10. The van der Waals surface area contributed by atoms with Crippen LogP contribution in [0.4, 0.5) is 5.82 Å². The summed E-state index contributed by atoms with van der Waals surface area (Å²) in [6, 6.07) is 14.2. The van der Waals surface area contributed by atoms with Crippen molar-refractivity contribution in [1.82, 2.24) is 20.1 Å². The van der Waals surface area contributed by atoms with E-state index in [4.69, 9.17) is 10.5 Å². The molecule has 1 aliphatic heterocycles. The number of pyridine rings is 1. The maximum absolute atomic E-state index is 5.84. The first kappa shape index (κ1) is 17.7. The van der Waals surface area contributed by atoms with Gasteiger partial charge in [0.25, 0.3) is 0 Å². The molecule has 0 bridgehead atoms. The van der Waals surface area contributed by atoms with E-state index in [1.807, 2.05) is 36.5 Å². The first-order valence-corrected chi connectivity index (χ1v) is 9.39. The van der Waals surface area contributed by atoms with Crippen LogP contribution in [0.15, 0.2) is 54.9 Å². The van der Waals surface area contributed by atoms with Gasteiger partial charge in [0, 0.05) is 36.5 Å². The second kappa shape index (κ2) is 8.33. The Labute approximate surface area is 159 Å². The Balaban J connectivity index is 1.31. The first-order valence-electron chi connectivity index (χ1n) is 9.39. The Hall–Kier alpha value is -2.70. The van der Waals surface area contributed by atoms with Gasteiger partial charge in [-0.2, -0.15) is 5.10 Å². The normalized spacial score (nSPS) is 17.4. The van der Waals surface area contributed by atoms with Gasteiger partial charge in [-0.3, -0.25) is 5.10 Å². The second-order valence-corrected chi connectivity index (χ2v) is 6.99. The Kier molecular flexibility index (Phi) is 5.46. The third kappa shape index (κ3) is 4.35. The summed E-state index contributed by atoms with van der Waals surface area (Å²) in [5.74, 6) is 0.981. The number of nitrogen functional groups attached to an aromatic ring is 1. The zero-order chi connectivity index (χ0) is 18.5. The van der Waals surface area contributed by atoms with Gasteiger partial charge in [-0.05, 0) is 36.2 Å². The van der Waals surface area contributed by atoms with Crippen LogP contribution in [-0.2, 0) is 11.3 Å². The largest absolute Gasteiger partial charge is 0.384 e.